The van der Waals surface area contributed by atoms with Gasteiger partial charge in [-0.2, -0.15) is 0 Å². The fraction of sp³-hybridized carbons (Fsp3) is 0.375. The molecule has 60 valence electrons. The van der Waals surface area contributed by atoms with Crippen molar-refractivity contribution in [2.75, 3.05) is 18.1 Å². The zero-order chi connectivity index (χ0) is 8.10. The van der Waals surface area contributed by atoms with Crippen molar-refractivity contribution in [3.63, 3.8) is 0 Å². The molecule has 0 unspecified atom stereocenters. The zero-order valence-electron chi connectivity index (χ0n) is 6.79. The van der Waals surface area contributed by atoms with Crippen LogP contribution >= 0.6 is 11.8 Å². The predicted molar refractivity (Wildman–Crippen MR) is 50.2 cm³/mol. The number of hydrogen-bond donors (Lipinski definition) is 1. The Labute approximate surface area is 71.4 Å². The van der Waals surface area contributed by atoms with Gasteiger partial charge < -0.3 is 5.32 Å². The average Bonchev–Trinajstić information content (AvgIpc) is 2.06. The number of hydrogen-bond acceptors (Lipinski definition) is 3. The Morgan fingerprint density at radius 1 is 1.64 bits per heavy atom. The predicted octanol–water partition coefficient (Wildman–Crippen LogP) is 2.24. The Morgan fingerprint density at radius 2 is 2.45 bits per heavy atom. The first-order valence-electron chi connectivity index (χ1n) is 3.64. The lowest BCUT2D eigenvalue weighted by Crippen LogP contribution is -1.92. The second-order valence-electron chi connectivity index (χ2n) is 2.04. The van der Waals surface area contributed by atoms with Gasteiger partial charge in [-0.1, -0.05) is 6.92 Å². The molecule has 0 spiro atoms. The van der Waals surface area contributed by atoms with Crippen molar-refractivity contribution in [2.24, 2.45) is 0 Å². The van der Waals surface area contributed by atoms with Crippen molar-refractivity contribution in [1.29, 1.82) is 0 Å². The van der Waals surface area contributed by atoms with Crippen molar-refractivity contribution in [1.82, 2.24) is 4.98 Å². The van der Waals surface area contributed by atoms with E-state index >= 15 is 0 Å². The summed E-state index contributed by atoms with van der Waals surface area (Å²) in [6, 6.07) is 3.97. The van der Waals surface area contributed by atoms with Gasteiger partial charge in [0.25, 0.3) is 0 Å². The summed E-state index contributed by atoms with van der Waals surface area (Å²) in [7, 11) is 1.91. The number of nitrogens with zero attached hydrogens (tertiary/aromatic N) is 1. The molecule has 0 aliphatic heterocycles. The third kappa shape index (κ3) is 2.12. The minimum absolute atomic E-state index is 1.06. The summed E-state index contributed by atoms with van der Waals surface area (Å²) < 4.78 is 0. The summed E-state index contributed by atoms with van der Waals surface area (Å²) in [6.45, 7) is 2.12. The van der Waals surface area contributed by atoms with Gasteiger partial charge in [0.05, 0.1) is 5.69 Å². The van der Waals surface area contributed by atoms with Crippen LogP contribution in [-0.4, -0.2) is 17.8 Å². The number of aromatic nitrogens is 1. The Kier molecular flexibility index (Phi) is 3.23. The van der Waals surface area contributed by atoms with Crippen molar-refractivity contribution in [2.45, 2.75) is 11.9 Å². The molecular weight excluding hydrogens is 156 g/mol. The molecule has 3 heteroatoms. The van der Waals surface area contributed by atoms with Crippen LogP contribution < -0.4 is 5.32 Å². The zero-order valence-corrected chi connectivity index (χ0v) is 7.61. The van der Waals surface area contributed by atoms with Gasteiger partial charge in [0.1, 0.15) is 5.03 Å². The normalized spacial score (nSPS) is 9.64. The van der Waals surface area contributed by atoms with Crippen LogP contribution in [0.3, 0.4) is 0 Å². The van der Waals surface area contributed by atoms with Gasteiger partial charge in [-0.25, -0.2) is 4.98 Å². The van der Waals surface area contributed by atoms with Crippen LogP contribution in [-0.2, 0) is 0 Å². The van der Waals surface area contributed by atoms with E-state index in [1.165, 1.54) is 0 Å². The Bertz CT molecular complexity index is 225. The maximum Gasteiger partial charge on any atom is 0.119 e. The number of pyridine rings is 1. The molecule has 0 amide bonds. The topological polar surface area (TPSA) is 24.9 Å². The second-order valence-corrected chi connectivity index (χ2v) is 3.29. The smallest absolute Gasteiger partial charge is 0.119 e. The summed E-state index contributed by atoms with van der Waals surface area (Å²) in [5, 5.41) is 4.18. The van der Waals surface area contributed by atoms with Crippen LogP contribution in [0.15, 0.2) is 23.4 Å². The molecule has 0 aromatic carbocycles. The Morgan fingerprint density at radius 3 is 3.09 bits per heavy atom. The summed E-state index contributed by atoms with van der Waals surface area (Å²) in [4.78, 5) is 4.24. The van der Waals surface area contributed by atoms with Crippen LogP contribution in [0, 0.1) is 0 Å². The number of nitrogens with one attached hydrogen (secondary N) is 1. The molecule has 0 saturated carbocycles. The second kappa shape index (κ2) is 4.23. The van der Waals surface area contributed by atoms with Gasteiger partial charge in [-0.3, -0.25) is 0 Å². The van der Waals surface area contributed by atoms with E-state index in [1.807, 2.05) is 25.4 Å². The van der Waals surface area contributed by atoms with E-state index in [-0.39, 0.29) is 0 Å². The molecule has 0 saturated heterocycles. The number of anilines is 1. The minimum atomic E-state index is 1.06. The van der Waals surface area contributed by atoms with Crippen LogP contribution in [0.1, 0.15) is 6.92 Å². The first kappa shape index (κ1) is 8.40. The molecule has 0 bridgehead atoms. The highest BCUT2D eigenvalue weighted by molar-refractivity contribution is 7.99. The largest absolute Gasteiger partial charge is 0.386 e. The first-order chi connectivity index (χ1) is 5.38. The molecule has 0 aliphatic rings. The summed E-state index contributed by atoms with van der Waals surface area (Å²) in [6.07, 6.45) is 1.82. The highest BCUT2D eigenvalue weighted by Crippen LogP contribution is 2.22. The van der Waals surface area contributed by atoms with Crippen LogP contribution in [0.4, 0.5) is 5.69 Å². The van der Waals surface area contributed by atoms with E-state index in [1.54, 1.807) is 11.8 Å². The van der Waals surface area contributed by atoms with Crippen molar-refractivity contribution >= 4 is 17.4 Å². The molecule has 1 rings (SSSR count). The lowest BCUT2D eigenvalue weighted by molar-refractivity contribution is 1.13. The third-order valence-corrected chi connectivity index (χ3v) is 2.21. The van der Waals surface area contributed by atoms with E-state index in [0.717, 1.165) is 16.5 Å². The fourth-order valence-electron chi connectivity index (χ4n) is 0.833. The standard InChI is InChI=1S/C8H12N2S/c1-3-11-8-7(9-2)5-4-6-10-8/h4-6,9H,3H2,1-2H3. The van der Waals surface area contributed by atoms with Gasteiger partial charge >= 0.3 is 0 Å². The Hall–Kier alpha value is -0.700. The highest BCUT2D eigenvalue weighted by atomic mass is 32.2. The quantitative estimate of drug-likeness (QED) is 0.701. The third-order valence-electron chi connectivity index (χ3n) is 1.32. The first-order valence-corrected chi connectivity index (χ1v) is 4.62. The number of rotatable bonds is 3. The SMILES string of the molecule is CCSc1ncccc1NC. The van der Waals surface area contributed by atoms with E-state index in [2.05, 4.69) is 17.2 Å². The molecule has 0 radical (unpaired) electrons. The average molecular weight is 168 g/mol. The van der Waals surface area contributed by atoms with Crippen molar-refractivity contribution in [3.8, 4) is 0 Å². The van der Waals surface area contributed by atoms with Crippen molar-refractivity contribution in [3.05, 3.63) is 18.3 Å². The minimum Gasteiger partial charge on any atom is -0.386 e. The van der Waals surface area contributed by atoms with Crippen LogP contribution in [0.2, 0.25) is 0 Å². The fourth-order valence-corrected chi connectivity index (χ4v) is 1.57. The molecule has 1 heterocycles. The van der Waals surface area contributed by atoms with Crippen LogP contribution in [0.5, 0.6) is 0 Å². The van der Waals surface area contributed by atoms with E-state index in [0.29, 0.717) is 0 Å². The van der Waals surface area contributed by atoms with Gasteiger partial charge in [0.15, 0.2) is 0 Å². The van der Waals surface area contributed by atoms with Gasteiger partial charge in [0.2, 0.25) is 0 Å². The maximum absolute atomic E-state index is 4.24. The van der Waals surface area contributed by atoms with Crippen molar-refractivity contribution < 1.29 is 0 Å². The summed E-state index contributed by atoms with van der Waals surface area (Å²) >= 11 is 1.75. The molecule has 1 N–H and O–H groups in total. The lowest BCUT2D eigenvalue weighted by atomic mass is 10.4. The Balaban J connectivity index is 2.83. The lowest BCUT2D eigenvalue weighted by Gasteiger charge is -2.04. The molecule has 2 nitrogen and oxygen atoms in total. The summed E-state index contributed by atoms with van der Waals surface area (Å²) in [5.74, 6) is 1.06. The van der Waals surface area contributed by atoms with E-state index in [9.17, 15) is 0 Å². The van der Waals surface area contributed by atoms with E-state index < -0.39 is 0 Å². The maximum atomic E-state index is 4.24. The molecule has 1 aromatic rings. The van der Waals surface area contributed by atoms with Gasteiger partial charge in [-0.05, 0) is 17.9 Å². The monoisotopic (exact) mass is 168 g/mol. The molecule has 0 fully saturated rings. The van der Waals surface area contributed by atoms with Gasteiger partial charge in [0, 0.05) is 13.2 Å². The molecule has 1 aromatic heterocycles. The van der Waals surface area contributed by atoms with Gasteiger partial charge in [-0.15, -0.1) is 11.8 Å². The number of thioether (sulfide) groups is 1. The molecule has 0 atom stereocenters. The molecular formula is C8H12N2S. The van der Waals surface area contributed by atoms with E-state index in [4.69, 9.17) is 0 Å². The van der Waals surface area contributed by atoms with Crippen LogP contribution in [0.25, 0.3) is 0 Å². The highest BCUT2D eigenvalue weighted by Gasteiger charge is 1.98. The molecule has 0 aliphatic carbocycles. The summed E-state index contributed by atoms with van der Waals surface area (Å²) in [5.41, 5.74) is 1.11. The molecule has 11 heavy (non-hydrogen) atoms.